The molecule has 3 N–H and O–H groups in total. The second-order valence-corrected chi connectivity index (χ2v) is 12.1. The number of fused-ring (bicyclic) bond motifs is 4. The maximum absolute atomic E-state index is 14.3. The van der Waals surface area contributed by atoms with E-state index >= 15 is 0 Å². The highest BCUT2D eigenvalue weighted by atomic mass is 19.1. The van der Waals surface area contributed by atoms with Gasteiger partial charge in [-0.2, -0.15) is 5.10 Å². The van der Waals surface area contributed by atoms with Crippen molar-refractivity contribution in [3.8, 4) is 0 Å². The predicted molar refractivity (Wildman–Crippen MR) is 162 cm³/mol. The summed E-state index contributed by atoms with van der Waals surface area (Å²) in [6.07, 6.45) is 15.2. The summed E-state index contributed by atoms with van der Waals surface area (Å²) in [4.78, 5) is 31.6. The summed E-state index contributed by atoms with van der Waals surface area (Å²) in [5.74, 6) is -0.0336. The minimum atomic E-state index is -0.267. The molecule has 2 heterocycles. The van der Waals surface area contributed by atoms with Gasteiger partial charge in [-0.3, -0.25) is 9.59 Å². The van der Waals surface area contributed by atoms with Crippen LogP contribution in [-0.4, -0.2) is 39.6 Å². The van der Waals surface area contributed by atoms with Crippen LogP contribution in [0.2, 0.25) is 0 Å². The van der Waals surface area contributed by atoms with Crippen molar-refractivity contribution >= 4 is 28.9 Å². The molecule has 0 saturated carbocycles. The zero-order valence-corrected chi connectivity index (χ0v) is 24.2. The molecular formula is C34H37FN4O3. The Morgan fingerprint density at radius 2 is 2.02 bits per heavy atom. The number of H-pyrrole nitrogens is 1. The summed E-state index contributed by atoms with van der Waals surface area (Å²) in [7, 11) is 0. The lowest BCUT2D eigenvalue weighted by Gasteiger charge is -2.37. The minimum Gasteiger partial charge on any atom is -0.512 e. The number of aromatic nitrogens is 1. The summed E-state index contributed by atoms with van der Waals surface area (Å²) in [5, 5.41) is 15.2. The van der Waals surface area contributed by atoms with Crippen molar-refractivity contribution in [2.75, 3.05) is 6.54 Å². The minimum absolute atomic E-state index is 0.0690. The Labute approximate surface area is 245 Å². The van der Waals surface area contributed by atoms with E-state index in [1.165, 1.54) is 6.07 Å². The Morgan fingerprint density at radius 1 is 1.19 bits per heavy atom. The van der Waals surface area contributed by atoms with Crippen LogP contribution in [-0.2, 0) is 22.6 Å². The Bertz CT molecular complexity index is 1620. The van der Waals surface area contributed by atoms with Crippen LogP contribution < -0.4 is 5.43 Å². The van der Waals surface area contributed by atoms with Crippen LogP contribution in [0.4, 0.5) is 4.39 Å². The zero-order valence-electron chi connectivity index (χ0n) is 24.2. The van der Waals surface area contributed by atoms with Crippen LogP contribution in [0.25, 0.3) is 10.9 Å². The number of allylic oxidation sites excluding steroid dienone is 8. The molecule has 218 valence electrons. The second kappa shape index (κ2) is 11.2. The van der Waals surface area contributed by atoms with E-state index in [1.807, 2.05) is 43.2 Å². The molecule has 42 heavy (non-hydrogen) atoms. The second-order valence-electron chi connectivity index (χ2n) is 12.1. The number of nitrogens with zero attached hydrogens (tertiary/aromatic N) is 2. The molecule has 5 unspecified atom stereocenters. The van der Waals surface area contributed by atoms with Gasteiger partial charge in [0.15, 0.2) is 0 Å². The maximum atomic E-state index is 14.3. The molecular weight excluding hydrogens is 531 g/mol. The number of nitrogens with one attached hydrogen (secondary N) is 2. The van der Waals surface area contributed by atoms with Crippen LogP contribution in [0.15, 0.2) is 82.2 Å². The van der Waals surface area contributed by atoms with Gasteiger partial charge in [-0.25, -0.2) is 9.82 Å². The number of rotatable bonds is 5. The number of hydrazone groups is 1. The summed E-state index contributed by atoms with van der Waals surface area (Å²) < 4.78 is 14.3. The van der Waals surface area contributed by atoms with Crippen molar-refractivity contribution in [1.82, 2.24) is 15.3 Å². The molecule has 0 fully saturated rings. The number of carbonyl (C=O) groups is 2. The van der Waals surface area contributed by atoms with E-state index in [9.17, 15) is 19.1 Å². The summed E-state index contributed by atoms with van der Waals surface area (Å²) in [5.41, 5.74) is 8.13. The first kappa shape index (κ1) is 27.9. The van der Waals surface area contributed by atoms with Crippen molar-refractivity contribution in [3.05, 3.63) is 94.2 Å². The lowest BCUT2D eigenvalue weighted by atomic mass is 9.68. The number of benzene rings is 1. The molecule has 5 atom stereocenters. The largest absolute Gasteiger partial charge is 0.512 e. The topological polar surface area (TPSA) is 97.8 Å². The molecule has 6 rings (SSSR count). The van der Waals surface area contributed by atoms with Gasteiger partial charge in [0.05, 0.1) is 11.3 Å². The van der Waals surface area contributed by atoms with Crippen LogP contribution >= 0.6 is 0 Å². The fourth-order valence-corrected chi connectivity index (χ4v) is 6.90. The molecule has 0 radical (unpaired) electrons. The lowest BCUT2D eigenvalue weighted by Crippen LogP contribution is -2.37. The summed E-state index contributed by atoms with van der Waals surface area (Å²) >= 11 is 0. The fourth-order valence-electron chi connectivity index (χ4n) is 6.90. The van der Waals surface area contributed by atoms with Crippen molar-refractivity contribution in [2.45, 2.75) is 46.6 Å². The average molecular weight is 569 g/mol. The van der Waals surface area contributed by atoms with E-state index in [2.05, 4.69) is 34.6 Å². The number of hydrogen-bond donors (Lipinski definition) is 3. The molecule has 1 aromatic carbocycles. The maximum Gasteiger partial charge on any atom is 0.267 e. The van der Waals surface area contributed by atoms with Crippen molar-refractivity contribution in [2.24, 2.45) is 34.7 Å². The van der Waals surface area contributed by atoms with Gasteiger partial charge in [0, 0.05) is 72.1 Å². The highest BCUT2D eigenvalue weighted by molar-refractivity contribution is 5.94. The van der Waals surface area contributed by atoms with E-state index in [-0.39, 0.29) is 53.0 Å². The molecule has 0 spiro atoms. The molecule has 1 aliphatic heterocycles. The van der Waals surface area contributed by atoms with E-state index in [4.69, 9.17) is 0 Å². The number of halogens is 1. The molecule has 3 aliphatic carbocycles. The highest BCUT2D eigenvalue weighted by Crippen LogP contribution is 2.42. The van der Waals surface area contributed by atoms with E-state index < -0.39 is 0 Å². The molecule has 2 amide bonds. The van der Waals surface area contributed by atoms with Crippen molar-refractivity contribution in [3.63, 3.8) is 0 Å². The normalized spacial score (nSPS) is 27.1. The Morgan fingerprint density at radius 3 is 2.86 bits per heavy atom. The molecule has 0 bridgehead atoms. The molecule has 8 heteroatoms. The SMILES string of the molecule is CC1CC(CC(=O)N2CCc3[nH]c4c(F)cccc4c3C2)=C2C=CC=CC2C1/C=N/NC(=O)C1=CC=C(O)C(C)C1C. The van der Waals surface area contributed by atoms with Crippen LogP contribution in [0, 0.1) is 35.4 Å². The molecule has 2 aromatic rings. The Hall–Kier alpha value is -4.20. The van der Waals surface area contributed by atoms with Crippen LogP contribution in [0.3, 0.4) is 0 Å². The van der Waals surface area contributed by atoms with Gasteiger partial charge in [0.2, 0.25) is 5.91 Å². The number of amides is 2. The molecule has 0 saturated heterocycles. The average Bonchev–Trinajstić information content (AvgIpc) is 3.37. The Kier molecular flexibility index (Phi) is 7.47. The van der Waals surface area contributed by atoms with E-state index in [0.29, 0.717) is 37.0 Å². The van der Waals surface area contributed by atoms with Gasteiger partial charge in [-0.1, -0.05) is 62.8 Å². The third kappa shape index (κ3) is 5.03. The monoisotopic (exact) mass is 568 g/mol. The summed E-state index contributed by atoms with van der Waals surface area (Å²) in [6, 6.07) is 5.09. The smallest absolute Gasteiger partial charge is 0.267 e. The van der Waals surface area contributed by atoms with Gasteiger partial charge in [-0.15, -0.1) is 0 Å². The standard InChI is InChI=1S/C34H37FN4O3/c1-19-15-22(16-32(41)39-14-13-30-28(18-39)26-9-6-10-29(35)33(26)37-30)24-7-4-5-8-25(24)27(19)17-36-38-34(42)23-11-12-31(40)21(3)20(23)2/h4-12,17,19-21,25,27,37,40H,13-16,18H2,1-3H3,(H,38,42)/b36-17+. The van der Waals surface area contributed by atoms with Crippen molar-refractivity contribution in [1.29, 1.82) is 0 Å². The quantitative estimate of drug-likeness (QED) is 0.303. The first-order valence-corrected chi connectivity index (χ1v) is 14.8. The van der Waals surface area contributed by atoms with Crippen LogP contribution in [0.5, 0.6) is 0 Å². The van der Waals surface area contributed by atoms with Gasteiger partial charge in [0.1, 0.15) is 5.82 Å². The molecule has 4 aliphatic rings. The number of hydrogen-bond acceptors (Lipinski definition) is 4. The van der Waals surface area contributed by atoms with Crippen LogP contribution in [0.1, 0.15) is 44.9 Å². The van der Waals surface area contributed by atoms with E-state index in [0.717, 1.165) is 34.2 Å². The number of aliphatic hydroxyl groups is 1. The van der Waals surface area contributed by atoms with Gasteiger partial charge >= 0.3 is 0 Å². The first-order chi connectivity index (χ1) is 20.2. The summed E-state index contributed by atoms with van der Waals surface area (Å²) in [6.45, 7) is 7.08. The molecule has 7 nitrogen and oxygen atoms in total. The first-order valence-electron chi connectivity index (χ1n) is 14.8. The third-order valence-electron chi connectivity index (χ3n) is 9.61. The van der Waals surface area contributed by atoms with Gasteiger partial charge in [-0.05, 0) is 42.0 Å². The van der Waals surface area contributed by atoms with Gasteiger partial charge in [0.25, 0.3) is 5.91 Å². The highest BCUT2D eigenvalue weighted by Gasteiger charge is 2.35. The number of aromatic amines is 1. The number of carbonyl (C=O) groups excluding carboxylic acids is 2. The molecule has 1 aromatic heterocycles. The third-order valence-corrected chi connectivity index (χ3v) is 9.61. The van der Waals surface area contributed by atoms with Gasteiger partial charge < -0.3 is 15.0 Å². The number of aliphatic hydroxyl groups excluding tert-OH is 1. The predicted octanol–water partition coefficient (Wildman–Crippen LogP) is 6.03. The fraction of sp³-hybridized carbons (Fsp3) is 0.382. The lowest BCUT2D eigenvalue weighted by molar-refractivity contribution is -0.131. The Balaban J connectivity index is 1.15. The zero-order chi connectivity index (χ0) is 29.5. The van der Waals surface area contributed by atoms with Crippen molar-refractivity contribution < 1.29 is 19.1 Å². The van der Waals surface area contributed by atoms with E-state index in [1.54, 1.807) is 18.2 Å². The number of para-hydroxylation sites is 1.